The van der Waals surface area contributed by atoms with E-state index >= 15 is 0 Å². The van der Waals surface area contributed by atoms with Gasteiger partial charge in [0.05, 0.1) is 17.9 Å². The summed E-state index contributed by atoms with van der Waals surface area (Å²) in [5.74, 6) is 1.67. The van der Waals surface area contributed by atoms with E-state index in [1.54, 1.807) is 0 Å². The lowest BCUT2D eigenvalue weighted by Crippen LogP contribution is -2.42. The second-order valence-electron chi connectivity index (χ2n) is 9.31. The molecule has 156 valence electrons. The Morgan fingerprint density at radius 2 is 2.03 bits per heavy atom. The topological polar surface area (TPSA) is 63.1 Å². The van der Waals surface area contributed by atoms with Crippen LogP contribution in [-0.4, -0.2) is 44.5 Å². The van der Waals surface area contributed by atoms with E-state index in [0.717, 1.165) is 53.8 Å². The number of hydrogen-bond acceptors (Lipinski definition) is 4. The minimum absolute atomic E-state index is 0.0383. The summed E-state index contributed by atoms with van der Waals surface area (Å²) < 4.78 is 2.08. The number of anilines is 1. The van der Waals surface area contributed by atoms with Gasteiger partial charge in [-0.2, -0.15) is 0 Å². The molecule has 1 aliphatic carbocycles. The summed E-state index contributed by atoms with van der Waals surface area (Å²) in [6, 6.07) is 8.23. The number of nitrogens with zero attached hydrogens (tertiary/aromatic N) is 4. The van der Waals surface area contributed by atoms with Gasteiger partial charge in [0.25, 0.3) is 0 Å². The lowest BCUT2D eigenvalue weighted by molar-refractivity contribution is -0.120. The molecule has 1 saturated heterocycles. The summed E-state index contributed by atoms with van der Waals surface area (Å²) in [5, 5.41) is 5.19. The van der Waals surface area contributed by atoms with Crippen LogP contribution >= 0.6 is 0 Å². The molecule has 1 amide bonds. The summed E-state index contributed by atoms with van der Waals surface area (Å²) in [7, 11) is 2.02. The maximum atomic E-state index is 13.0. The predicted molar refractivity (Wildman–Crippen MR) is 119 cm³/mol. The van der Waals surface area contributed by atoms with E-state index < -0.39 is 0 Å². The first kappa shape index (κ1) is 19.2. The number of hydrogen-bond donors (Lipinski definition) is 1. The highest BCUT2D eigenvalue weighted by Crippen LogP contribution is 2.46. The average molecular weight is 404 g/mol. The summed E-state index contributed by atoms with van der Waals surface area (Å²) in [6.45, 7) is 6.38. The Bertz CT molecular complexity index is 1110. The zero-order valence-corrected chi connectivity index (χ0v) is 18.0. The van der Waals surface area contributed by atoms with Gasteiger partial charge in [-0.25, -0.2) is 9.97 Å². The van der Waals surface area contributed by atoms with Crippen LogP contribution in [0.4, 0.5) is 5.82 Å². The van der Waals surface area contributed by atoms with Gasteiger partial charge in [0.15, 0.2) is 0 Å². The first-order chi connectivity index (χ1) is 14.4. The molecular weight excluding hydrogens is 374 g/mol. The summed E-state index contributed by atoms with van der Waals surface area (Å²) in [6.07, 6.45) is 8.31. The minimum Gasteiger partial charge on any atom is -0.331 e. The third kappa shape index (κ3) is 3.60. The molecule has 0 bridgehead atoms. The Labute approximate surface area is 177 Å². The SMILES string of the molecule is Cc1ncc(-c2ccc3cnc(NC(=O)C4CCCN4CC4(C)CC4)cc3c2)n1C. The van der Waals surface area contributed by atoms with E-state index in [1.807, 2.05) is 32.4 Å². The molecule has 1 aliphatic heterocycles. The van der Waals surface area contributed by atoms with E-state index in [2.05, 4.69) is 49.9 Å². The van der Waals surface area contributed by atoms with Crippen LogP contribution in [0, 0.1) is 12.3 Å². The number of pyridine rings is 1. The van der Waals surface area contributed by atoms with Crippen molar-refractivity contribution in [3.63, 3.8) is 0 Å². The summed E-state index contributed by atoms with van der Waals surface area (Å²) >= 11 is 0. The molecule has 1 N–H and O–H groups in total. The highest BCUT2D eigenvalue weighted by Gasteiger charge is 2.42. The Hall–Kier alpha value is -2.73. The van der Waals surface area contributed by atoms with Crippen LogP contribution < -0.4 is 5.32 Å². The molecule has 6 nitrogen and oxygen atoms in total. The van der Waals surface area contributed by atoms with Gasteiger partial charge >= 0.3 is 0 Å². The minimum atomic E-state index is -0.0383. The van der Waals surface area contributed by atoms with Gasteiger partial charge in [0.2, 0.25) is 5.91 Å². The van der Waals surface area contributed by atoms with Gasteiger partial charge < -0.3 is 9.88 Å². The molecule has 1 unspecified atom stereocenters. The molecule has 2 aromatic heterocycles. The predicted octanol–water partition coefficient (Wildman–Crippen LogP) is 4.15. The Kier molecular flexibility index (Phi) is 4.62. The third-order valence-electron chi connectivity index (χ3n) is 6.84. The zero-order valence-electron chi connectivity index (χ0n) is 18.0. The number of likely N-dealkylation sites (tertiary alicyclic amines) is 1. The number of imidazole rings is 1. The number of aromatic nitrogens is 3. The van der Waals surface area contributed by atoms with Gasteiger partial charge in [-0.15, -0.1) is 0 Å². The van der Waals surface area contributed by atoms with Crippen molar-refractivity contribution in [1.29, 1.82) is 0 Å². The molecule has 0 radical (unpaired) electrons. The molecule has 2 fully saturated rings. The van der Waals surface area contributed by atoms with Gasteiger partial charge in [-0.05, 0) is 62.1 Å². The Morgan fingerprint density at radius 3 is 2.77 bits per heavy atom. The van der Waals surface area contributed by atoms with Crippen LogP contribution in [-0.2, 0) is 11.8 Å². The van der Waals surface area contributed by atoms with Crippen molar-refractivity contribution >= 4 is 22.5 Å². The zero-order chi connectivity index (χ0) is 20.9. The Morgan fingerprint density at radius 1 is 1.20 bits per heavy atom. The molecule has 1 atom stereocenters. The van der Waals surface area contributed by atoms with Gasteiger partial charge in [0, 0.05) is 30.7 Å². The molecule has 3 aromatic rings. The number of aryl methyl sites for hydroxylation is 1. The summed E-state index contributed by atoms with van der Waals surface area (Å²) in [5.41, 5.74) is 2.60. The van der Waals surface area contributed by atoms with Crippen LogP contribution in [0.5, 0.6) is 0 Å². The van der Waals surface area contributed by atoms with Gasteiger partial charge in [-0.1, -0.05) is 19.1 Å². The van der Waals surface area contributed by atoms with Gasteiger partial charge in [-0.3, -0.25) is 9.69 Å². The highest BCUT2D eigenvalue weighted by atomic mass is 16.2. The van der Waals surface area contributed by atoms with Crippen molar-refractivity contribution in [2.45, 2.75) is 45.6 Å². The molecule has 0 spiro atoms. The third-order valence-corrected chi connectivity index (χ3v) is 6.84. The number of amides is 1. The summed E-state index contributed by atoms with van der Waals surface area (Å²) in [4.78, 5) is 24.3. The lowest BCUT2D eigenvalue weighted by Gasteiger charge is -2.26. The lowest BCUT2D eigenvalue weighted by atomic mass is 10.1. The number of nitrogens with one attached hydrogen (secondary N) is 1. The van der Waals surface area contributed by atoms with Crippen LogP contribution in [0.25, 0.3) is 22.0 Å². The van der Waals surface area contributed by atoms with Gasteiger partial charge in [0.1, 0.15) is 11.6 Å². The van der Waals surface area contributed by atoms with Crippen molar-refractivity contribution in [3.8, 4) is 11.3 Å². The van der Waals surface area contributed by atoms with Crippen molar-refractivity contribution in [2.75, 3.05) is 18.4 Å². The van der Waals surface area contributed by atoms with E-state index in [0.29, 0.717) is 11.2 Å². The normalized spacial score (nSPS) is 20.6. The molecular formula is C24H29N5O. The number of carbonyl (C=O) groups excluding carboxylic acids is 1. The number of benzene rings is 1. The van der Waals surface area contributed by atoms with Crippen molar-refractivity contribution in [3.05, 3.63) is 42.5 Å². The molecule has 2 aliphatic rings. The van der Waals surface area contributed by atoms with E-state index in [4.69, 9.17) is 0 Å². The first-order valence-electron chi connectivity index (χ1n) is 10.9. The quantitative estimate of drug-likeness (QED) is 0.695. The van der Waals surface area contributed by atoms with Crippen LogP contribution in [0.1, 0.15) is 38.4 Å². The second-order valence-corrected chi connectivity index (χ2v) is 9.31. The second kappa shape index (κ2) is 7.20. The first-order valence-corrected chi connectivity index (χ1v) is 10.9. The molecule has 5 rings (SSSR count). The number of carbonyl (C=O) groups is 1. The van der Waals surface area contributed by atoms with Crippen molar-refractivity contribution in [1.82, 2.24) is 19.4 Å². The average Bonchev–Trinajstić information content (AvgIpc) is 3.12. The van der Waals surface area contributed by atoms with E-state index in [-0.39, 0.29) is 11.9 Å². The number of rotatable bonds is 5. The van der Waals surface area contributed by atoms with Crippen LogP contribution in [0.2, 0.25) is 0 Å². The van der Waals surface area contributed by atoms with Crippen LogP contribution in [0.3, 0.4) is 0 Å². The molecule has 1 aromatic carbocycles. The maximum absolute atomic E-state index is 13.0. The van der Waals surface area contributed by atoms with E-state index in [1.165, 1.54) is 12.8 Å². The Balaban J connectivity index is 1.36. The largest absolute Gasteiger partial charge is 0.331 e. The highest BCUT2D eigenvalue weighted by molar-refractivity contribution is 5.96. The standard InChI is InChI=1S/C24H29N5O/c1-16-25-14-21(28(16)3)17-6-7-18-13-26-22(12-19(18)11-17)27-23(30)20-5-4-10-29(20)15-24(2)8-9-24/h6-7,11-14,20H,4-5,8-10,15H2,1-3H3,(H,26,27,30). The monoisotopic (exact) mass is 403 g/mol. The fourth-order valence-corrected chi connectivity index (χ4v) is 4.52. The maximum Gasteiger partial charge on any atom is 0.242 e. The van der Waals surface area contributed by atoms with Crippen molar-refractivity contribution < 1.29 is 4.79 Å². The fourth-order valence-electron chi connectivity index (χ4n) is 4.52. The molecule has 1 saturated carbocycles. The number of fused-ring (bicyclic) bond motifs is 1. The van der Waals surface area contributed by atoms with E-state index in [9.17, 15) is 4.79 Å². The molecule has 30 heavy (non-hydrogen) atoms. The smallest absolute Gasteiger partial charge is 0.242 e. The fraction of sp³-hybridized carbons (Fsp3) is 0.458. The van der Waals surface area contributed by atoms with Crippen LogP contribution in [0.15, 0.2) is 36.7 Å². The van der Waals surface area contributed by atoms with Crippen molar-refractivity contribution in [2.24, 2.45) is 12.5 Å². The molecule has 6 heteroatoms. The molecule has 3 heterocycles.